The van der Waals surface area contributed by atoms with Crippen LogP contribution in [0.1, 0.15) is 65.7 Å². The van der Waals surface area contributed by atoms with Crippen molar-refractivity contribution in [2.45, 2.75) is 77.6 Å². The molecule has 2 rings (SSSR count). The van der Waals surface area contributed by atoms with Gasteiger partial charge in [0.25, 0.3) is 0 Å². The number of nitrogens with one attached hydrogen (secondary N) is 1. The monoisotopic (exact) mass is 322 g/mol. The highest BCUT2D eigenvalue weighted by Gasteiger charge is 2.34. The normalized spacial score (nSPS) is 23.6. The third-order valence-corrected chi connectivity index (χ3v) is 4.33. The van der Waals surface area contributed by atoms with Crippen molar-refractivity contribution in [3.8, 4) is 0 Å². The Labute approximate surface area is 139 Å². The van der Waals surface area contributed by atoms with Gasteiger partial charge in [0.2, 0.25) is 0 Å². The van der Waals surface area contributed by atoms with Crippen molar-refractivity contribution in [1.82, 2.24) is 10.2 Å². The number of amides is 1. The molecule has 0 spiro atoms. The molecule has 1 aliphatic rings. The Bertz CT molecular complexity index is 493. The van der Waals surface area contributed by atoms with Gasteiger partial charge in [0, 0.05) is 18.6 Å². The Morgan fingerprint density at radius 3 is 2.83 bits per heavy atom. The average molecular weight is 322 g/mol. The zero-order valence-electron chi connectivity index (χ0n) is 15.0. The quantitative estimate of drug-likeness (QED) is 0.906. The van der Waals surface area contributed by atoms with Gasteiger partial charge in [0.1, 0.15) is 11.4 Å². The first-order chi connectivity index (χ1) is 10.8. The number of likely N-dealkylation sites (tertiary alicyclic amines) is 1. The minimum atomic E-state index is -0.461. The lowest BCUT2D eigenvalue weighted by atomic mass is 9.96. The molecule has 0 radical (unpaired) electrons. The van der Waals surface area contributed by atoms with Crippen LogP contribution in [-0.4, -0.2) is 35.2 Å². The smallest absolute Gasteiger partial charge is 0.410 e. The number of nitrogens with zero attached hydrogens (tertiary/aromatic N) is 1. The van der Waals surface area contributed by atoms with Crippen molar-refractivity contribution >= 4 is 6.09 Å². The third kappa shape index (κ3) is 4.74. The highest BCUT2D eigenvalue weighted by atomic mass is 16.6. The van der Waals surface area contributed by atoms with E-state index >= 15 is 0 Å². The van der Waals surface area contributed by atoms with Gasteiger partial charge in [-0.05, 0) is 59.1 Å². The molecule has 0 aromatic carbocycles. The van der Waals surface area contributed by atoms with E-state index in [1.807, 2.05) is 37.8 Å². The Morgan fingerprint density at radius 2 is 2.26 bits per heavy atom. The first kappa shape index (κ1) is 17.9. The number of ether oxygens (including phenoxy) is 1. The molecule has 3 unspecified atom stereocenters. The fourth-order valence-corrected chi connectivity index (χ4v) is 3.09. The van der Waals surface area contributed by atoms with Crippen molar-refractivity contribution in [3.63, 3.8) is 0 Å². The summed E-state index contributed by atoms with van der Waals surface area (Å²) < 4.78 is 11.1. The molecule has 130 valence electrons. The molecule has 2 heterocycles. The zero-order valence-corrected chi connectivity index (χ0v) is 15.0. The number of carbonyl (C=O) groups excluding carboxylic acids is 1. The summed E-state index contributed by atoms with van der Waals surface area (Å²) in [6.45, 7) is 10.7. The highest BCUT2D eigenvalue weighted by Crippen LogP contribution is 2.25. The fourth-order valence-electron chi connectivity index (χ4n) is 3.09. The molecular weight excluding hydrogens is 292 g/mol. The number of hydrogen-bond donors (Lipinski definition) is 1. The van der Waals surface area contributed by atoms with Crippen LogP contribution >= 0.6 is 0 Å². The van der Waals surface area contributed by atoms with E-state index in [9.17, 15) is 4.79 Å². The van der Waals surface area contributed by atoms with E-state index in [2.05, 4.69) is 19.2 Å². The van der Waals surface area contributed by atoms with Gasteiger partial charge in [-0.2, -0.15) is 0 Å². The van der Waals surface area contributed by atoms with Gasteiger partial charge in [-0.3, -0.25) is 0 Å². The minimum absolute atomic E-state index is 0.0996. The van der Waals surface area contributed by atoms with E-state index in [4.69, 9.17) is 9.15 Å². The summed E-state index contributed by atoms with van der Waals surface area (Å²) in [6, 6.07) is 4.43. The maximum absolute atomic E-state index is 12.4. The molecule has 1 saturated heterocycles. The summed E-state index contributed by atoms with van der Waals surface area (Å²) in [5.74, 6) is 0.953. The van der Waals surface area contributed by atoms with E-state index in [1.165, 1.54) is 0 Å². The van der Waals surface area contributed by atoms with Crippen LogP contribution in [0, 0.1) is 0 Å². The predicted octanol–water partition coefficient (Wildman–Crippen LogP) is 4.11. The summed E-state index contributed by atoms with van der Waals surface area (Å²) in [6.07, 6.45) is 4.47. The van der Waals surface area contributed by atoms with Crippen LogP contribution in [0.15, 0.2) is 22.8 Å². The Balaban J connectivity index is 2.01. The summed E-state index contributed by atoms with van der Waals surface area (Å²) in [5, 5.41) is 3.66. The number of furan rings is 1. The lowest BCUT2D eigenvalue weighted by Gasteiger charge is -2.41. The molecular formula is C18H30N2O3. The molecule has 5 nitrogen and oxygen atoms in total. The second-order valence-electron chi connectivity index (χ2n) is 7.31. The van der Waals surface area contributed by atoms with Gasteiger partial charge >= 0.3 is 6.09 Å². The fraction of sp³-hybridized carbons (Fsp3) is 0.722. The van der Waals surface area contributed by atoms with Crippen molar-refractivity contribution in [2.24, 2.45) is 0 Å². The highest BCUT2D eigenvalue weighted by molar-refractivity contribution is 5.68. The summed E-state index contributed by atoms with van der Waals surface area (Å²) in [5.41, 5.74) is -0.461. The average Bonchev–Trinajstić information content (AvgIpc) is 2.98. The molecule has 0 aliphatic carbocycles. The lowest BCUT2D eigenvalue weighted by molar-refractivity contribution is 0.00611. The standard InChI is InChI=1S/C18H30N2O3/c1-6-14(16-10-8-12-22-16)19-15-9-7-11-20(13(15)2)17(21)23-18(3,4)5/h8,10,12-15,19H,6-7,9,11H2,1-5H3. The van der Waals surface area contributed by atoms with Crippen LogP contribution in [0.3, 0.4) is 0 Å². The van der Waals surface area contributed by atoms with Gasteiger partial charge in [0.15, 0.2) is 0 Å². The third-order valence-electron chi connectivity index (χ3n) is 4.33. The van der Waals surface area contributed by atoms with E-state index in [0.29, 0.717) is 0 Å². The second kappa shape index (κ2) is 7.39. The van der Waals surface area contributed by atoms with Gasteiger partial charge in [-0.1, -0.05) is 6.92 Å². The van der Waals surface area contributed by atoms with Gasteiger partial charge < -0.3 is 19.4 Å². The van der Waals surface area contributed by atoms with Crippen molar-refractivity contribution in [2.75, 3.05) is 6.54 Å². The first-order valence-electron chi connectivity index (χ1n) is 8.61. The van der Waals surface area contributed by atoms with Crippen LogP contribution in [0.4, 0.5) is 4.79 Å². The van der Waals surface area contributed by atoms with Crippen LogP contribution in [0.5, 0.6) is 0 Å². The largest absolute Gasteiger partial charge is 0.468 e. The number of rotatable bonds is 4. The molecule has 1 fully saturated rings. The van der Waals surface area contributed by atoms with Crippen LogP contribution in [0.2, 0.25) is 0 Å². The summed E-state index contributed by atoms with van der Waals surface area (Å²) >= 11 is 0. The van der Waals surface area contributed by atoms with Crippen LogP contribution in [-0.2, 0) is 4.74 Å². The molecule has 1 amide bonds. The van der Waals surface area contributed by atoms with Crippen molar-refractivity contribution < 1.29 is 13.9 Å². The van der Waals surface area contributed by atoms with Crippen LogP contribution in [0.25, 0.3) is 0 Å². The molecule has 0 saturated carbocycles. The molecule has 23 heavy (non-hydrogen) atoms. The van der Waals surface area contributed by atoms with E-state index in [1.54, 1.807) is 6.26 Å². The Morgan fingerprint density at radius 1 is 1.52 bits per heavy atom. The number of piperidine rings is 1. The molecule has 0 bridgehead atoms. The Hall–Kier alpha value is -1.49. The van der Waals surface area contributed by atoms with Crippen molar-refractivity contribution in [1.29, 1.82) is 0 Å². The zero-order chi connectivity index (χ0) is 17.0. The second-order valence-corrected chi connectivity index (χ2v) is 7.31. The van der Waals surface area contributed by atoms with Crippen LogP contribution < -0.4 is 5.32 Å². The number of carbonyl (C=O) groups is 1. The molecule has 1 aliphatic heterocycles. The molecule has 1 N–H and O–H groups in total. The van der Waals surface area contributed by atoms with E-state index in [-0.39, 0.29) is 24.2 Å². The van der Waals surface area contributed by atoms with E-state index < -0.39 is 5.60 Å². The maximum Gasteiger partial charge on any atom is 0.410 e. The Kier molecular flexibility index (Phi) is 5.74. The SMILES string of the molecule is CCC(NC1CCCN(C(=O)OC(C)(C)C)C1C)c1ccco1. The van der Waals surface area contributed by atoms with E-state index in [0.717, 1.165) is 31.6 Å². The molecule has 1 aromatic heterocycles. The summed E-state index contributed by atoms with van der Waals surface area (Å²) in [4.78, 5) is 14.3. The van der Waals surface area contributed by atoms with Gasteiger partial charge in [-0.15, -0.1) is 0 Å². The maximum atomic E-state index is 12.4. The molecule has 1 aromatic rings. The minimum Gasteiger partial charge on any atom is -0.468 e. The van der Waals surface area contributed by atoms with Gasteiger partial charge in [0.05, 0.1) is 12.3 Å². The topological polar surface area (TPSA) is 54.7 Å². The molecule has 5 heteroatoms. The molecule has 3 atom stereocenters. The number of hydrogen-bond acceptors (Lipinski definition) is 4. The van der Waals surface area contributed by atoms with Gasteiger partial charge in [-0.25, -0.2) is 4.79 Å². The first-order valence-corrected chi connectivity index (χ1v) is 8.61. The lowest BCUT2D eigenvalue weighted by Crippen LogP contribution is -2.55. The predicted molar refractivity (Wildman–Crippen MR) is 90.3 cm³/mol. The van der Waals surface area contributed by atoms with Crippen molar-refractivity contribution in [3.05, 3.63) is 24.2 Å². The summed E-state index contributed by atoms with van der Waals surface area (Å²) in [7, 11) is 0.